The second kappa shape index (κ2) is 12.2. The van der Waals surface area contributed by atoms with Crippen LogP contribution in [0.2, 0.25) is 0 Å². The first-order valence-electron chi connectivity index (χ1n) is 11.5. The molecular formula is C27H30N4O4. The van der Waals surface area contributed by atoms with E-state index in [2.05, 4.69) is 35.1 Å². The van der Waals surface area contributed by atoms with Gasteiger partial charge in [-0.2, -0.15) is 0 Å². The molecule has 0 aliphatic rings. The van der Waals surface area contributed by atoms with Gasteiger partial charge in [0.2, 0.25) is 11.8 Å². The number of benzene rings is 3. The van der Waals surface area contributed by atoms with Crippen molar-refractivity contribution in [2.45, 2.75) is 39.0 Å². The van der Waals surface area contributed by atoms with E-state index in [0.717, 1.165) is 0 Å². The normalized spacial score (nSPS) is 10.5. The number of rotatable bonds is 9. The summed E-state index contributed by atoms with van der Waals surface area (Å²) in [7, 11) is 0. The van der Waals surface area contributed by atoms with E-state index in [9.17, 15) is 19.5 Å². The van der Waals surface area contributed by atoms with Gasteiger partial charge in [0.1, 0.15) is 5.75 Å². The molecule has 0 aromatic heterocycles. The smallest absolute Gasteiger partial charge is 0.323 e. The van der Waals surface area contributed by atoms with Crippen molar-refractivity contribution in [3.63, 3.8) is 0 Å². The molecule has 0 bridgehead atoms. The molecule has 3 aromatic carbocycles. The first-order valence-corrected chi connectivity index (χ1v) is 11.5. The Bertz CT molecular complexity index is 1160. The fraction of sp³-hybridized carbons (Fsp3) is 0.222. The molecule has 0 spiro atoms. The number of phenolic OH excluding ortho intramolecular Hbond substituents is 1. The summed E-state index contributed by atoms with van der Waals surface area (Å²) in [5.41, 5.74) is 3.41. The molecule has 0 radical (unpaired) electrons. The molecule has 0 unspecified atom stereocenters. The van der Waals surface area contributed by atoms with Crippen LogP contribution in [0.25, 0.3) is 0 Å². The molecule has 0 atom stereocenters. The Hall–Kier alpha value is -4.33. The van der Waals surface area contributed by atoms with Crippen molar-refractivity contribution in [3.8, 4) is 5.75 Å². The summed E-state index contributed by atoms with van der Waals surface area (Å²) in [6.07, 6.45) is 0.690. The maximum Gasteiger partial charge on any atom is 0.323 e. The SMILES string of the molecule is CC(C)c1ccc(NC(=O)Nc2ccc(NC(=O)CCCC(=O)Nc3ccccc3O)cc2)cc1. The lowest BCUT2D eigenvalue weighted by Gasteiger charge is -2.10. The lowest BCUT2D eigenvalue weighted by Crippen LogP contribution is -2.19. The number of anilines is 4. The van der Waals surface area contributed by atoms with Gasteiger partial charge in [-0.05, 0) is 66.4 Å². The third kappa shape index (κ3) is 8.19. The zero-order valence-electron chi connectivity index (χ0n) is 19.8. The number of urea groups is 1. The Kier molecular flexibility index (Phi) is 8.83. The van der Waals surface area contributed by atoms with Crippen LogP contribution in [0.3, 0.4) is 0 Å². The number of hydrogen-bond donors (Lipinski definition) is 5. The van der Waals surface area contributed by atoms with Crippen LogP contribution in [-0.4, -0.2) is 23.0 Å². The van der Waals surface area contributed by atoms with Crippen molar-refractivity contribution >= 4 is 40.6 Å². The largest absolute Gasteiger partial charge is 0.506 e. The van der Waals surface area contributed by atoms with Crippen LogP contribution in [0.5, 0.6) is 5.75 Å². The molecule has 0 heterocycles. The van der Waals surface area contributed by atoms with E-state index in [1.807, 2.05) is 24.3 Å². The van der Waals surface area contributed by atoms with Crippen molar-refractivity contribution in [1.29, 1.82) is 0 Å². The highest BCUT2D eigenvalue weighted by Crippen LogP contribution is 2.22. The maximum absolute atomic E-state index is 12.2. The highest BCUT2D eigenvalue weighted by Gasteiger charge is 2.09. The molecular weight excluding hydrogens is 444 g/mol. The Morgan fingerprint density at radius 1 is 0.686 bits per heavy atom. The monoisotopic (exact) mass is 474 g/mol. The Labute approximate surface area is 204 Å². The van der Waals surface area contributed by atoms with E-state index in [1.165, 1.54) is 11.6 Å². The Morgan fingerprint density at radius 3 is 1.71 bits per heavy atom. The third-order valence-electron chi connectivity index (χ3n) is 5.25. The number of nitrogens with one attached hydrogen (secondary N) is 4. The van der Waals surface area contributed by atoms with E-state index in [1.54, 1.807) is 42.5 Å². The molecule has 0 aliphatic carbocycles. The zero-order chi connectivity index (χ0) is 25.2. The molecule has 182 valence electrons. The summed E-state index contributed by atoms with van der Waals surface area (Å²) < 4.78 is 0. The van der Waals surface area contributed by atoms with Crippen molar-refractivity contribution in [1.82, 2.24) is 0 Å². The Balaban J connectivity index is 1.39. The summed E-state index contributed by atoms with van der Waals surface area (Å²) in [5, 5.41) is 20.6. The van der Waals surface area contributed by atoms with Gasteiger partial charge in [0, 0.05) is 29.9 Å². The van der Waals surface area contributed by atoms with E-state index < -0.39 is 0 Å². The van der Waals surface area contributed by atoms with Crippen LogP contribution >= 0.6 is 0 Å². The molecule has 8 nitrogen and oxygen atoms in total. The fourth-order valence-corrected chi connectivity index (χ4v) is 3.31. The summed E-state index contributed by atoms with van der Waals surface area (Å²) in [4.78, 5) is 36.4. The van der Waals surface area contributed by atoms with Crippen LogP contribution in [0.4, 0.5) is 27.5 Å². The number of aromatic hydroxyl groups is 1. The molecule has 3 aromatic rings. The van der Waals surface area contributed by atoms with Crippen LogP contribution < -0.4 is 21.3 Å². The first kappa shape index (κ1) is 25.3. The molecule has 8 heteroatoms. The molecule has 0 aliphatic heterocycles. The molecule has 0 saturated carbocycles. The summed E-state index contributed by atoms with van der Waals surface area (Å²) in [5.74, 6) is -0.0757. The number of hydrogen-bond acceptors (Lipinski definition) is 4. The van der Waals surface area contributed by atoms with Gasteiger partial charge in [0.15, 0.2) is 0 Å². The molecule has 0 saturated heterocycles. The van der Waals surface area contributed by atoms with Gasteiger partial charge in [-0.25, -0.2) is 4.79 Å². The highest BCUT2D eigenvalue weighted by molar-refractivity contribution is 6.00. The minimum Gasteiger partial charge on any atom is -0.506 e. The van der Waals surface area contributed by atoms with E-state index in [4.69, 9.17) is 0 Å². The summed E-state index contributed by atoms with van der Waals surface area (Å²) in [6.45, 7) is 4.22. The lowest BCUT2D eigenvalue weighted by molar-refractivity contribution is -0.117. The van der Waals surface area contributed by atoms with Crippen LogP contribution in [0.15, 0.2) is 72.8 Å². The average molecular weight is 475 g/mol. The topological polar surface area (TPSA) is 120 Å². The lowest BCUT2D eigenvalue weighted by atomic mass is 10.0. The average Bonchev–Trinajstić information content (AvgIpc) is 2.82. The van der Waals surface area contributed by atoms with Gasteiger partial charge >= 0.3 is 6.03 Å². The van der Waals surface area contributed by atoms with Crippen LogP contribution in [0, 0.1) is 0 Å². The van der Waals surface area contributed by atoms with Crippen LogP contribution in [-0.2, 0) is 9.59 Å². The van der Waals surface area contributed by atoms with E-state index >= 15 is 0 Å². The van der Waals surface area contributed by atoms with Gasteiger partial charge in [0.05, 0.1) is 5.69 Å². The van der Waals surface area contributed by atoms with Gasteiger partial charge in [0.25, 0.3) is 0 Å². The molecule has 0 fully saturated rings. The molecule has 5 N–H and O–H groups in total. The summed E-state index contributed by atoms with van der Waals surface area (Å²) in [6, 6.07) is 20.6. The number of para-hydroxylation sites is 2. The van der Waals surface area contributed by atoms with Gasteiger partial charge in [-0.15, -0.1) is 0 Å². The first-order chi connectivity index (χ1) is 16.8. The quantitative estimate of drug-likeness (QED) is 0.248. The second-order valence-corrected chi connectivity index (χ2v) is 8.40. The number of carbonyl (C=O) groups excluding carboxylic acids is 3. The third-order valence-corrected chi connectivity index (χ3v) is 5.25. The number of carbonyl (C=O) groups is 3. The van der Waals surface area contributed by atoms with Crippen molar-refractivity contribution in [3.05, 3.63) is 78.4 Å². The predicted molar refractivity (Wildman–Crippen MR) is 139 cm³/mol. The molecule has 3 rings (SSSR count). The van der Waals surface area contributed by atoms with Gasteiger partial charge < -0.3 is 26.4 Å². The van der Waals surface area contributed by atoms with Crippen molar-refractivity contribution in [2.75, 3.05) is 21.3 Å². The minimum atomic E-state index is -0.360. The number of phenols is 1. The van der Waals surface area contributed by atoms with E-state index in [-0.39, 0.29) is 36.4 Å². The molecule has 35 heavy (non-hydrogen) atoms. The second-order valence-electron chi connectivity index (χ2n) is 8.40. The van der Waals surface area contributed by atoms with Crippen molar-refractivity contribution in [2.24, 2.45) is 0 Å². The number of amides is 4. The van der Waals surface area contributed by atoms with Gasteiger partial charge in [-0.1, -0.05) is 38.1 Å². The standard InChI is InChI=1S/C27H30N4O4/c1-18(2)19-10-12-21(13-11-19)29-27(35)30-22-16-14-20(15-17-22)28-25(33)8-5-9-26(34)31-23-6-3-4-7-24(23)32/h3-4,6-7,10-18,32H,5,8-9H2,1-2H3,(H,28,33)(H,31,34)(H2,29,30,35). The highest BCUT2D eigenvalue weighted by atomic mass is 16.3. The fourth-order valence-electron chi connectivity index (χ4n) is 3.31. The predicted octanol–water partition coefficient (Wildman–Crippen LogP) is 5.91. The minimum absolute atomic E-state index is 0.00527. The van der Waals surface area contributed by atoms with Crippen LogP contribution in [0.1, 0.15) is 44.6 Å². The molecule has 4 amide bonds. The Morgan fingerprint density at radius 2 is 1.17 bits per heavy atom. The van der Waals surface area contributed by atoms with Gasteiger partial charge in [-0.3, -0.25) is 9.59 Å². The van der Waals surface area contributed by atoms with E-state index in [0.29, 0.717) is 35.1 Å². The zero-order valence-corrected chi connectivity index (χ0v) is 19.8. The maximum atomic E-state index is 12.2. The van der Waals surface area contributed by atoms with Crippen molar-refractivity contribution < 1.29 is 19.5 Å². The summed E-state index contributed by atoms with van der Waals surface area (Å²) >= 11 is 0.